The van der Waals surface area contributed by atoms with Gasteiger partial charge >= 0.3 is 0 Å². The lowest BCUT2D eigenvalue weighted by Gasteiger charge is -2.32. The van der Waals surface area contributed by atoms with Crippen LogP contribution in [0.15, 0.2) is 24.3 Å². The minimum Gasteiger partial charge on any atom is -0.484 e. The van der Waals surface area contributed by atoms with E-state index in [1.807, 2.05) is 18.7 Å². The van der Waals surface area contributed by atoms with Crippen molar-refractivity contribution in [2.45, 2.75) is 46.1 Å². The third kappa shape index (κ3) is 6.17. The number of likely N-dealkylation sites (tertiary alicyclic amines) is 1. The van der Waals surface area contributed by atoms with E-state index in [0.717, 1.165) is 12.8 Å². The van der Waals surface area contributed by atoms with Gasteiger partial charge < -0.3 is 15.0 Å². The van der Waals surface area contributed by atoms with Crippen LogP contribution in [0.2, 0.25) is 0 Å². The van der Waals surface area contributed by atoms with Crippen molar-refractivity contribution in [3.63, 3.8) is 0 Å². The molecule has 1 N–H and O–H groups in total. The summed E-state index contributed by atoms with van der Waals surface area (Å²) < 4.78 is 5.47. The van der Waals surface area contributed by atoms with Crippen LogP contribution in [0.5, 0.6) is 5.75 Å². The van der Waals surface area contributed by atoms with Gasteiger partial charge in [0.15, 0.2) is 12.4 Å². The van der Waals surface area contributed by atoms with Crippen molar-refractivity contribution in [1.29, 1.82) is 0 Å². The third-order valence-corrected chi connectivity index (χ3v) is 4.41. The monoisotopic (exact) mass is 360 g/mol. The van der Waals surface area contributed by atoms with E-state index in [2.05, 4.69) is 5.32 Å². The van der Waals surface area contributed by atoms with Crippen molar-refractivity contribution in [2.24, 2.45) is 5.92 Å². The number of hydrogen-bond acceptors (Lipinski definition) is 4. The molecule has 1 aliphatic heterocycles. The molecular weight excluding hydrogens is 332 g/mol. The molecule has 0 aliphatic carbocycles. The Balaban J connectivity index is 1.73. The second-order valence-corrected chi connectivity index (χ2v) is 7.19. The number of nitrogens with one attached hydrogen (secondary N) is 1. The Hall–Kier alpha value is -2.37. The fourth-order valence-corrected chi connectivity index (χ4v) is 2.97. The molecule has 0 saturated carbocycles. The van der Waals surface area contributed by atoms with Gasteiger partial charge in [-0.2, -0.15) is 0 Å². The van der Waals surface area contributed by atoms with E-state index in [1.54, 1.807) is 24.3 Å². The lowest BCUT2D eigenvalue weighted by molar-refractivity contribution is -0.133. The van der Waals surface area contributed by atoms with Crippen molar-refractivity contribution in [3.05, 3.63) is 29.8 Å². The highest BCUT2D eigenvalue weighted by Gasteiger charge is 2.24. The minimum absolute atomic E-state index is 0.0429. The molecule has 1 fully saturated rings. The molecule has 0 unspecified atom stereocenters. The summed E-state index contributed by atoms with van der Waals surface area (Å²) in [4.78, 5) is 37.4. The summed E-state index contributed by atoms with van der Waals surface area (Å²) in [6.45, 7) is 6.84. The summed E-state index contributed by atoms with van der Waals surface area (Å²) in [7, 11) is 0. The predicted octanol–water partition coefficient (Wildman–Crippen LogP) is 2.42. The van der Waals surface area contributed by atoms with Gasteiger partial charge in [-0.15, -0.1) is 0 Å². The SMILES string of the molecule is CC(=O)c1cccc(OCC(=O)NC2CCN(C(=O)CC(C)C)CC2)c1. The highest BCUT2D eigenvalue weighted by atomic mass is 16.5. The largest absolute Gasteiger partial charge is 0.484 e. The second kappa shape index (κ2) is 9.36. The van der Waals surface area contributed by atoms with Gasteiger partial charge in [-0.05, 0) is 37.8 Å². The first-order valence-corrected chi connectivity index (χ1v) is 9.16. The highest BCUT2D eigenvalue weighted by molar-refractivity contribution is 5.94. The topological polar surface area (TPSA) is 75.7 Å². The van der Waals surface area contributed by atoms with Gasteiger partial charge in [0.05, 0.1) is 0 Å². The van der Waals surface area contributed by atoms with E-state index in [9.17, 15) is 14.4 Å². The molecule has 6 nitrogen and oxygen atoms in total. The normalized spacial score (nSPS) is 15.0. The van der Waals surface area contributed by atoms with Crippen molar-refractivity contribution < 1.29 is 19.1 Å². The first kappa shape index (κ1) is 19.9. The molecule has 0 radical (unpaired) electrons. The van der Waals surface area contributed by atoms with Crippen molar-refractivity contribution in [2.75, 3.05) is 19.7 Å². The number of carbonyl (C=O) groups excluding carboxylic acids is 3. The molecule has 26 heavy (non-hydrogen) atoms. The number of ketones is 1. The van der Waals surface area contributed by atoms with E-state index in [-0.39, 0.29) is 30.2 Å². The number of benzene rings is 1. The standard InChI is InChI=1S/C20H28N2O4/c1-14(2)11-20(25)22-9-7-17(8-10-22)21-19(24)13-26-18-6-4-5-16(12-18)15(3)23/h4-6,12,14,17H,7-11,13H2,1-3H3,(H,21,24). The highest BCUT2D eigenvalue weighted by Crippen LogP contribution is 2.15. The summed E-state index contributed by atoms with van der Waals surface area (Å²) in [5.41, 5.74) is 0.557. The first-order valence-electron chi connectivity index (χ1n) is 9.16. The van der Waals surface area contributed by atoms with E-state index >= 15 is 0 Å². The number of ether oxygens (including phenoxy) is 1. The Morgan fingerprint density at radius 2 is 1.92 bits per heavy atom. The molecule has 1 aromatic carbocycles. The third-order valence-electron chi connectivity index (χ3n) is 4.41. The Morgan fingerprint density at radius 3 is 2.54 bits per heavy atom. The van der Waals surface area contributed by atoms with Crippen LogP contribution >= 0.6 is 0 Å². The first-order chi connectivity index (χ1) is 12.3. The van der Waals surface area contributed by atoms with Crippen molar-refractivity contribution in [3.8, 4) is 5.75 Å². The molecule has 6 heteroatoms. The van der Waals surface area contributed by atoms with Crippen LogP contribution in [0.1, 0.15) is 50.4 Å². The van der Waals surface area contributed by atoms with Gasteiger partial charge in [-0.1, -0.05) is 26.0 Å². The molecule has 0 aromatic heterocycles. The fraction of sp³-hybridized carbons (Fsp3) is 0.550. The van der Waals surface area contributed by atoms with Gasteiger partial charge in [0.25, 0.3) is 5.91 Å². The predicted molar refractivity (Wildman–Crippen MR) is 99.1 cm³/mol. The van der Waals surface area contributed by atoms with Gasteiger partial charge in [0, 0.05) is 31.1 Å². The van der Waals surface area contributed by atoms with Gasteiger partial charge in [-0.25, -0.2) is 0 Å². The van der Waals surface area contributed by atoms with Crippen LogP contribution < -0.4 is 10.1 Å². The molecule has 1 aromatic rings. The number of piperidine rings is 1. The molecule has 1 heterocycles. The second-order valence-electron chi connectivity index (χ2n) is 7.19. The quantitative estimate of drug-likeness (QED) is 0.758. The van der Waals surface area contributed by atoms with Crippen LogP contribution in [0.3, 0.4) is 0 Å². The van der Waals surface area contributed by atoms with Crippen molar-refractivity contribution in [1.82, 2.24) is 10.2 Å². The van der Waals surface area contributed by atoms with Gasteiger partial charge in [0.2, 0.25) is 5.91 Å². The van der Waals surface area contributed by atoms with Crippen LogP contribution in [0, 0.1) is 5.92 Å². The maximum absolute atomic E-state index is 12.1. The summed E-state index contributed by atoms with van der Waals surface area (Å²) in [5.74, 6) is 0.822. The maximum atomic E-state index is 12.1. The maximum Gasteiger partial charge on any atom is 0.258 e. The number of amides is 2. The zero-order valence-electron chi connectivity index (χ0n) is 15.8. The number of Topliss-reactive ketones (excluding diaryl/α,β-unsaturated/α-hetero) is 1. The zero-order valence-corrected chi connectivity index (χ0v) is 15.8. The number of carbonyl (C=O) groups is 3. The molecule has 0 spiro atoms. The lowest BCUT2D eigenvalue weighted by atomic mass is 10.0. The Bertz CT molecular complexity index is 649. The summed E-state index contributed by atoms with van der Waals surface area (Å²) >= 11 is 0. The van der Waals surface area contributed by atoms with Crippen LogP contribution in [-0.2, 0) is 9.59 Å². The molecule has 2 rings (SSSR count). The lowest BCUT2D eigenvalue weighted by Crippen LogP contribution is -2.47. The Morgan fingerprint density at radius 1 is 1.23 bits per heavy atom. The molecular formula is C20H28N2O4. The van der Waals surface area contributed by atoms with Crippen molar-refractivity contribution >= 4 is 17.6 Å². The van der Waals surface area contributed by atoms with Crippen LogP contribution in [0.25, 0.3) is 0 Å². The number of hydrogen-bond donors (Lipinski definition) is 1. The Labute approximate surface area is 154 Å². The molecule has 2 amide bonds. The summed E-state index contributed by atoms with van der Waals surface area (Å²) in [5, 5.41) is 2.96. The smallest absolute Gasteiger partial charge is 0.258 e. The summed E-state index contributed by atoms with van der Waals surface area (Å²) in [6, 6.07) is 6.86. The molecule has 142 valence electrons. The molecule has 1 saturated heterocycles. The average molecular weight is 360 g/mol. The van der Waals surface area contributed by atoms with E-state index in [0.29, 0.717) is 36.7 Å². The zero-order chi connectivity index (χ0) is 19.1. The number of rotatable bonds is 7. The average Bonchev–Trinajstić information content (AvgIpc) is 2.60. The molecule has 0 atom stereocenters. The van der Waals surface area contributed by atoms with E-state index < -0.39 is 0 Å². The van der Waals surface area contributed by atoms with Crippen LogP contribution in [0.4, 0.5) is 0 Å². The molecule has 1 aliphatic rings. The fourth-order valence-electron chi connectivity index (χ4n) is 2.97. The number of nitrogens with zero attached hydrogens (tertiary/aromatic N) is 1. The van der Waals surface area contributed by atoms with Crippen LogP contribution in [-0.4, -0.2) is 48.2 Å². The summed E-state index contributed by atoms with van der Waals surface area (Å²) in [6.07, 6.45) is 2.09. The van der Waals surface area contributed by atoms with Gasteiger partial charge in [0.1, 0.15) is 5.75 Å². The van der Waals surface area contributed by atoms with Gasteiger partial charge in [-0.3, -0.25) is 14.4 Å². The van der Waals surface area contributed by atoms with E-state index in [1.165, 1.54) is 6.92 Å². The minimum atomic E-state index is -0.190. The molecule has 0 bridgehead atoms. The van der Waals surface area contributed by atoms with E-state index in [4.69, 9.17) is 4.74 Å². The Kier molecular flexibility index (Phi) is 7.18.